The van der Waals surface area contributed by atoms with Crippen LogP contribution in [0.4, 0.5) is 13.2 Å². The maximum atomic E-state index is 14.2. The van der Waals surface area contributed by atoms with Crippen LogP contribution in [-0.2, 0) is 25.8 Å². The number of benzene rings is 3. The largest absolute Gasteiger partial charge is 0.490 e. The van der Waals surface area contributed by atoms with Crippen LogP contribution < -0.4 is 15.7 Å². The number of imidazole rings is 1. The van der Waals surface area contributed by atoms with Crippen LogP contribution in [0.15, 0.2) is 94.5 Å². The molecule has 1 aliphatic heterocycles. The summed E-state index contributed by atoms with van der Waals surface area (Å²) < 4.78 is 49.6. The lowest BCUT2D eigenvalue weighted by atomic mass is 10.1. The molecule has 256 valence electrons. The minimum Gasteiger partial charge on any atom is -0.490 e. The van der Waals surface area contributed by atoms with E-state index >= 15 is 0 Å². The predicted molar refractivity (Wildman–Crippen MR) is 181 cm³/mol. The van der Waals surface area contributed by atoms with E-state index in [9.17, 15) is 27.6 Å². The van der Waals surface area contributed by atoms with Gasteiger partial charge in [0.15, 0.2) is 5.82 Å². The number of carbonyl (C=O) groups is 2. The number of rotatable bonds is 8. The molecule has 7 rings (SSSR count). The van der Waals surface area contributed by atoms with Gasteiger partial charge in [0.2, 0.25) is 0 Å². The molecule has 1 fully saturated rings. The number of nitrogens with one attached hydrogen (secondary N) is 1. The van der Waals surface area contributed by atoms with Gasteiger partial charge in [-0.25, -0.2) is 14.8 Å². The molecule has 10 nitrogen and oxygen atoms in total. The maximum Gasteiger partial charge on any atom is 0.417 e. The molecular formula is C36H30BrF3N6O4. The zero-order valence-corrected chi connectivity index (χ0v) is 28.2. The molecule has 0 saturated heterocycles. The second-order valence-corrected chi connectivity index (χ2v) is 13.1. The number of nitrogens with zero attached hydrogens (tertiary/aromatic N) is 5. The Hall–Kier alpha value is -5.24. The summed E-state index contributed by atoms with van der Waals surface area (Å²) in [5.74, 6) is -0.125. The van der Waals surface area contributed by atoms with E-state index in [1.807, 2.05) is 24.3 Å². The van der Waals surface area contributed by atoms with Crippen molar-refractivity contribution in [2.24, 2.45) is 0 Å². The van der Waals surface area contributed by atoms with Crippen molar-refractivity contribution >= 4 is 27.7 Å². The number of alkyl halides is 3. The number of hydrogen-bond donors (Lipinski definition) is 1. The Morgan fingerprint density at radius 1 is 1.00 bits per heavy atom. The summed E-state index contributed by atoms with van der Waals surface area (Å²) in [6, 6.07) is 18.6. The molecule has 50 heavy (non-hydrogen) atoms. The van der Waals surface area contributed by atoms with E-state index in [4.69, 9.17) is 4.74 Å². The Labute approximate surface area is 292 Å². The molecule has 3 aromatic carbocycles. The first-order valence-electron chi connectivity index (χ1n) is 15.9. The molecule has 1 saturated carbocycles. The summed E-state index contributed by atoms with van der Waals surface area (Å²) in [4.78, 5) is 52.1. The molecule has 0 unspecified atom stereocenters. The number of ether oxygens (including phenoxy) is 1. The summed E-state index contributed by atoms with van der Waals surface area (Å²) >= 11 is 2.93. The molecule has 14 heteroatoms. The van der Waals surface area contributed by atoms with Crippen LogP contribution in [-0.4, -0.2) is 48.0 Å². The molecule has 1 atom stereocenters. The van der Waals surface area contributed by atoms with Crippen LogP contribution in [0.3, 0.4) is 0 Å². The van der Waals surface area contributed by atoms with Gasteiger partial charge in [-0.3, -0.25) is 18.7 Å². The molecule has 5 aromatic rings. The topological polar surface area (TPSA) is 111 Å². The van der Waals surface area contributed by atoms with Gasteiger partial charge in [0.1, 0.15) is 11.4 Å². The Balaban J connectivity index is 1.26. The molecule has 2 amide bonds. The van der Waals surface area contributed by atoms with Crippen LogP contribution >= 0.6 is 15.9 Å². The van der Waals surface area contributed by atoms with Gasteiger partial charge in [0.25, 0.3) is 11.8 Å². The van der Waals surface area contributed by atoms with Crippen molar-refractivity contribution in [3.05, 3.63) is 128 Å². The molecule has 1 N–H and O–H groups in total. The van der Waals surface area contributed by atoms with Gasteiger partial charge in [0.05, 0.1) is 29.6 Å². The average molecular weight is 748 g/mol. The van der Waals surface area contributed by atoms with E-state index in [0.717, 1.165) is 24.5 Å². The lowest BCUT2D eigenvalue weighted by molar-refractivity contribution is -0.138. The smallest absolute Gasteiger partial charge is 0.417 e. The number of carbonyl (C=O) groups excluding carboxylic acids is 2. The van der Waals surface area contributed by atoms with Gasteiger partial charge in [-0.1, -0.05) is 40.2 Å². The quantitative estimate of drug-likeness (QED) is 0.197. The lowest BCUT2D eigenvalue weighted by Crippen LogP contribution is -2.47. The van der Waals surface area contributed by atoms with Crippen molar-refractivity contribution in [1.29, 1.82) is 0 Å². The van der Waals surface area contributed by atoms with E-state index in [1.165, 1.54) is 26.2 Å². The summed E-state index contributed by atoms with van der Waals surface area (Å²) in [5.41, 5.74) is 0.496. The average Bonchev–Trinajstić information content (AvgIpc) is 3.89. The highest BCUT2D eigenvalue weighted by atomic mass is 79.9. The van der Waals surface area contributed by atoms with Crippen molar-refractivity contribution < 1.29 is 27.5 Å². The van der Waals surface area contributed by atoms with E-state index in [-0.39, 0.29) is 47.2 Å². The molecule has 0 radical (unpaired) electrons. The number of halogens is 4. The van der Waals surface area contributed by atoms with Gasteiger partial charge in [-0.2, -0.15) is 13.2 Å². The predicted octanol–water partition coefficient (Wildman–Crippen LogP) is 6.39. The van der Waals surface area contributed by atoms with Gasteiger partial charge in [-0.15, -0.1) is 0 Å². The third kappa shape index (κ3) is 6.54. The number of aromatic nitrogens is 4. The number of amides is 2. The highest BCUT2D eigenvalue weighted by Crippen LogP contribution is 2.36. The van der Waals surface area contributed by atoms with Gasteiger partial charge in [0, 0.05) is 47.1 Å². The Bertz CT molecular complexity index is 2150. The van der Waals surface area contributed by atoms with Crippen molar-refractivity contribution in [3.63, 3.8) is 0 Å². The molecule has 0 spiro atoms. The number of hydrogen-bond acceptors (Lipinski definition) is 6. The van der Waals surface area contributed by atoms with Crippen LogP contribution in [0, 0.1) is 0 Å². The third-order valence-electron chi connectivity index (χ3n) is 8.72. The second-order valence-electron chi connectivity index (χ2n) is 12.2. The minimum absolute atomic E-state index is 0.00999. The molecule has 0 bridgehead atoms. The SMILES string of the molecule is C[C@@H]1Cn2c(c(C(=O)NCc3ccccc3-c3ncccn3)n(-c3ccc(OC4CC4)cc3)c2=O)CN1C(=O)c1ccc(Br)c(C(F)(F)F)c1. The fourth-order valence-electron chi connectivity index (χ4n) is 6.04. The van der Waals surface area contributed by atoms with E-state index in [2.05, 4.69) is 31.2 Å². The maximum absolute atomic E-state index is 14.2. The first-order valence-corrected chi connectivity index (χ1v) is 16.7. The number of fused-ring (bicyclic) bond motifs is 1. The zero-order chi connectivity index (χ0) is 35.2. The third-order valence-corrected chi connectivity index (χ3v) is 9.42. The van der Waals surface area contributed by atoms with E-state index < -0.39 is 35.3 Å². The van der Waals surface area contributed by atoms with Gasteiger partial charge >= 0.3 is 11.9 Å². The highest BCUT2D eigenvalue weighted by molar-refractivity contribution is 9.10. The zero-order valence-electron chi connectivity index (χ0n) is 26.7. The first-order chi connectivity index (χ1) is 24.0. The fourth-order valence-corrected chi connectivity index (χ4v) is 6.52. The van der Waals surface area contributed by atoms with Crippen molar-refractivity contribution in [3.8, 4) is 22.8 Å². The molecular weight excluding hydrogens is 717 g/mol. The summed E-state index contributed by atoms with van der Waals surface area (Å²) in [7, 11) is 0. The van der Waals surface area contributed by atoms with Crippen molar-refractivity contribution in [1.82, 2.24) is 29.3 Å². The van der Waals surface area contributed by atoms with Crippen molar-refractivity contribution in [2.75, 3.05) is 0 Å². The molecule has 3 heterocycles. The summed E-state index contributed by atoms with van der Waals surface area (Å²) in [6.07, 6.45) is 0.675. The van der Waals surface area contributed by atoms with Crippen LogP contribution in [0.1, 0.15) is 57.4 Å². The Morgan fingerprint density at radius 3 is 2.42 bits per heavy atom. The summed E-state index contributed by atoms with van der Waals surface area (Å²) in [5, 5.41) is 2.94. The molecule has 2 aliphatic rings. The summed E-state index contributed by atoms with van der Waals surface area (Å²) in [6.45, 7) is 1.60. The Kier molecular flexibility index (Phi) is 8.80. The lowest BCUT2D eigenvalue weighted by Gasteiger charge is -2.34. The monoisotopic (exact) mass is 746 g/mol. The first kappa shape index (κ1) is 33.3. The standard InChI is InChI=1S/C36H30BrF3N6O4/c1-21-19-45-30(20-44(21)34(48)22-7-14-29(37)28(17-22)36(38,39)40)31(46(35(45)49)24-8-10-25(11-9-24)50-26-12-13-26)33(47)43-18-23-5-2-3-6-27(23)32-41-15-4-16-42-32/h2-11,14-17,21,26H,12-13,18-20H2,1H3,(H,43,47)/t21-/m1/s1. The van der Waals surface area contributed by atoms with E-state index in [0.29, 0.717) is 22.8 Å². The van der Waals surface area contributed by atoms with Crippen LogP contribution in [0.25, 0.3) is 17.1 Å². The normalized spacial score (nSPS) is 15.8. The van der Waals surface area contributed by atoms with Gasteiger partial charge in [-0.05, 0) is 73.9 Å². The second kappa shape index (κ2) is 13.2. The minimum atomic E-state index is -4.68. The van der Waals surface area contributed by atoms with Gasteiger partial charge < -0.3 is 15.0 Å². The van der Waals surface area contributed by atoms with Crippen LogP contribution in [0.5, 0.6) is 5.75 Å². The van der Waals surface area contributed by atoms with E-state index in [1.54, 1.807) is 49.6 Å². The molecule has 2 aromatic heterocycles. The fraction of sp³-hybridized carbons (Fsp3) is 0.250. The molecule has 1 aliphatic carbocycles. The van der Waals surface area contributed by atoms with Crippen LogP contribution in [0.2, 0.25) is 0 Å². The van der Waals surface area contributed by atoms with Crippen molar-refractivity contribution in [2.45, 2.75) is 57.7 Å². The Morgan fingerprint density at radius 2 is 1.72 bits per heavy atom. The highest BCUT2D eigenvalue weighted by Gasteiger charge is 2.37.